The first-order valence-electron chi connectivity index (χ1n) is 6.79. The van der Waals surface area contributed by atoms with Crippen molar-refractivity contribution in [3.8, 4) is 0 Å². The van der Waals surface area contributed by atoms with E-state index in [4.69, 9.17) is 9.47 Å². The third kappa shape index (κ3) is 3.24. The fourth-order valence-electron chi connectivity index (χ4n) is 3.45. The van der Waals surface area contributed by atoms with Crippen LogP contribution in [0.15, 0.2) is 0 Å². The van der Waals surface area contributed by atoms with E-state index in [-0.39, 0.29) is 5.60 Å². The van der Waals surface area contributed by atoms with E-state index in [1.165, 1.54) is 19.3 Å². The molecule has 0 saturated carbocycles. The molecule has 0 aromatic heterocycles. The van der Waals surface area contributed by atoms with Crippen molar-refractivity contribution in [1.29, 1.82) is 0 Å². The van der Waals surface area contributed by atoms with Gasteiger partial charge in [-0.2, -0.15) is 0 Å². The molecule has 0 N–H and O–H groups in total. The lowest BCUT2D eigenvalue weighted by Gasteiger charge is -2.44. The minimum Gasteiger partial charge on any atom is -0.378 e. The minimum atomic E-state index is 0.0513. The molecule has 0 radical (unpaired) electrons. The van der Waals surface area contributed by atoms with Crippen LogP contribution in [0, 0.1) is 11.3 Å². The van der Waals surface area contributed by atoms with Gasteiger partial charge in [0.2, 0.25) is 0 Å². The van der Waals surface area contributed by atoms with Gasteiger partial charge in [0.1, 0.15) is 0 Å². The van der Waals surface area contributed by atoms with Gasteiger partial charge >= 0.3 is 0 Å². The van der Waals surface area contributed by atoms with Gasteiger partial charge in [0, 0.05) is 24.5 Å². The maximum Gasteiger partial charge on any atom is 0.0939 e. The molecule has 2 aliphatic rings. The van der Waals surface area contributed by atoms with Gasteiger partial charge in [0.25, 0.3) is 0 Å². The molecular weight excluding hydrogens is 280 g/mol. The lowest BCUT2D eigenvalue weighted by atomic mass is 9.68. The molecule has 17 heavy (non-hydrogen) atoms. The highest BCUT2D eigenvalue weighted by Gasteiger charge is 2.45. The quantitative estimate of drug-likeness (QED) is 0.739. The molecule has 2 heterocycles. The Bertz CT molecular complexity index is 257. The molecule has 0 amide bonds. The third-order valence-corrected chi connectivity index (χ3v) is 4.80. The highest BCUT2D eigenvalue weighted by atomic mass is 79.9. The SMILES string of the molecule is CC(Br)CC(C)(C)C1CCOC2(CCOC2)C1. The van der Waals surface area contributed by atoms with Gasteiger partial charge in [-0.1, -0.05) is 36.7 Å². The molecule has 0 bridgehead atoms. The Labute approximate surface area is 114 Å². The van der Waals surface area contributed by atoms with Crippen LogP contribution in [-0.4, -0.2) is 30.2 Å². The molecule has 3 heteroatoms. The zero-order valence-corrected chi connectivity index (χ0v) is 12.9. The van der Waals surface area contributed by atoms with Crippen LogP contribution in [0.4, 0.5) is 0 Å². The van der Waals surface area contributed by atoms with Crippen molar-refractivity contribution in [3.63, 3.8) is 0 Å². The van der Waals surface area contributed by atoms with Gasteiger partial charge in [-0.15, -0.1) is 0 Å². The van der Waals surface area contributed by atoms with Crippen LogP contribution in [0.5, 0.6) is 0 Å². The summed E-state index contributed by atoms with van der Waals surface area (Å²) >= 11 is 3.70. The Hall–Kier alpha value is 0.400. The predicted molar refractivity (Wildman–Crippen MR) is 73.6 cm³/mol. The van der Waals surface area contributed by atoms with Crippen molar-refractivity contribution in [2.45, 2.75) is 56.9 Å². The van der Waals surface area contributed by atoms with Crippen LogP contribution in [-0.2, 0) is 9.47 Å². The fourth-order valence-corrected chi connectivity index (χ4v) is 4.28. The monoisotopic (exact) mass is 304 g/mol. The number of halogens is 1. The second-order valence-electron chi connectivity index (χ2n) is 6.50. The fraction of sp³-hybridized carbons (Fsp3) is 1.00. The molecular formula is C14H25BrO2. The summed E-state index contributed by atoms with van der Waals surface area (Å²) in [7, 11) is 0. The lowest BCUT2D eigenvalue weighted by molar-refractivity contribution is -0.116. The van der Waals surface area contributed by atoms with E-state index in [1.807, 2.05) is 0 Å². The second kappa shape index (κ2) is 5.18. The zero-order chi connectivity index (χ0) is 12.5. The Morgan fingerprint density at radius 3 is 2.76 bits per heavy atom. The molecule has 3 atom stereocenters. The summed E-state index contributed by atoms with van der Waals surface area (Å²) in [4.78, 5) is 0.594. The molecule has 1 spiro atoms. The molecule has 100 valence electrons. The predicted octanol–water partition coefficient (Wildman–Crippen LogP) is 3.77. The number of alkyl halides is 1. The first-order valence-corrected chi connectivity index (χ1v) is 7.71. The molecule has 2 aliphatic heterocycles. The van der Waals surface area contributed by atoms with E-state index in [0.29, 0.717) is 10.2 Å². The molecule has 2 saturated heterocycles. The van der Waals surface area contributed by atoms with E-state index in [0.717, 1.165) is 32.2 Å². The lowest BCUT2D eigenvalue weighted by Crippen LogP contribution is -2.44. The maximum absolute atomic E-state index is 6.02. The summed E-state index contributed by atoms with van der Waals surface area (Å²) in [5.74, 6) is 0.762. The van der Waals surface area contributed by atoms with Crippen LogP contribution >= 0.6 is 15.9 Å². The van der Waals surface area contributed by atoms with E-state index >= 15 is 0 Å². The van der Waals surface area contributed by atoms with Gasteiger partial charge in [0.15, 0.2) is 0 Å². The standard InChI is InChI=1S/C14H25BrO2/c1-11(15)8-13(2,3)12-4-6-17-14(9-12)5-7-16-10-14/h11-12H,4-10H2,1-3H3. The average molecular weight is 305 g/mol. The summed E-state index contributed by atoms with van der Waals surface area (Å²) in [6, 6.07) is 0. The number of ether oxygens (including phenoxy) is 2. The van der Waals surface area contributed by atoms with Crippen LogP contribution in [0.1, 0.15) is 46.5 Å². The zero-order valence-electron chi connectivity index (χ0n) is 11.3. The smallest absolute Gasteiger partial charge is 0.0939 e. The van der Waals surface area contributed by atoms with Crippen LogP contribution < -0.4 is 0 Å². The van der Waals surface area contributed by atoms with E-state index < -0.39 is 0 Å². The summed E-state index contributed by atoms with van der Waals surface area (Å²) in [6.45, 7) is 9.66. The minimum absolute atomic E-state index is 0.0513. The van der Waals surface area contributed by atoms with Gasteiger partial charge in [-0.05, 0) is 30.6 Å². The number of hydrogen-bond acceptors (Lipinski definition) is 2. The average Bonchev–Trinajstić information content (AvgIpc) is 2.64. The Morgan fingerprint density at radius 1 is 1.41 bits per heavy atom. The summed E-state index contributed by atoms with van der Waals surface area (Å²) in [6.07, 6.45) is 4.70. The molecule has 3 unspecified atom stereocenters. The molecule has 0 aromatic carbocycles. The van der Waals surface area contributed by atoms with E-state index in [9.17, 15) is 0 Å². The summed E-state index contributed by atoms with van der Waals surface area (Å²) in [5.41, 5.74) is 0.442. The highest BCUT2D eigenvalue weighted by Crippen LogP contribution is 2.45. The normalized spacial score (nSPS) is 36.4. The maximum atomic E-state index is 6.02. The second-order valence-corrected chi connectivity index (χ2v) is 8.06. The van der Waals surface area contributed by atoms with E-state index in [1.54, 1.807) is 0 Å². The Kier molecular flexibility index (Phi) is 4.21. The molecule has 2 nitrogen and oxygen atoms in total. The van der Waals surface area contributed by atoms with Crippen molar-refractivity contribution >= 4 is 15.9 Å². The van der Waals surface area contributed by atoms with Crippen molar-refractivity contribution < 1.29 is 9.47 Å². The van der Waals surface area contributed by atoms with Crippen molar-refractivity contribution in [2.75, 3.05) is 19.8 Å². The molecule has 0 aromatic rings. The van der Waals surface area contributed by atoms with Crippen molar-refractivity contribution in [2.24, 2.45) is 11.3 Å². The highest BCUT2D eigenvalue weighted by molar-refractivity contribution is 9.09. The third-order valence-electron chi connectivity index (χ3n) is 4.47. The van der Waals surface area contributed by atoms with Crippen LogP contribution in [0.3, 0.4) is 0 Å². The molecule has 0 aliphatic carbocycles. The van der Waals surface area contributed by atoms with Gasteiger partial charge in [-0.3, -0.25) is 0 Å². The topological polar surface area (TPSA) is 18.5 Å². The van der Waals surface area contributed by atoms with Crippen LogP contribution in [0.25, 0.3) is 0 Å². The molecule has 2 rings (SSSR count). The first-order chi connectivity index (χ1) is 7.94. The largest absolute Gasteiger partial charge is 0.378 e. The summed E-state index contributed by atoms with van der Waals surface area (Å²) in [5, 5.41) is 0. The summed E-state index contributed by atoms with van der Waals surface area (Å²) < 4.78 is 11.6. The number of rotatable bonds is 3. The Morgan fingerprint density at radius 2 is 2.18 bits per heavy atom. The van der Waals surface area contributed by atoms with Gasteiger partial charge in [-0.25, -0.2) is 0 Å². The van der Waals surface area contributed by atoms with Gasteiger partial charge < -0.3 is 9.47 Å². The van der Waals surface area contributed by atoms with Gasteiger partial charge in [0.05, 0.1) is 12.2 Å². The number of hydrogen-bond donors (Lipinski definition) is 0. The van der Waals surface area contributed by atoms with Crippen LogP contribution in [0.2, 0.25) is 0 Å². The first kappa shape index (κ1) is 13.8. The van der Waals surface area contributed by atoms with Crippen molar-refractivity contribution in [1.82, 2.24) is 0 Å². The van der Waals surface area contributed by atoms with E-state index in [2.05, 4.69) is 36.7 Å². The Balaban J connectivity index is 2.01. The van der Waals surface area contributed by atoms with Crippen molar-refractivity contribution in [3.05, 3.63) is 0 Å². The molecule has 2 fully saturated rings.